The van der Waals surface area contributed by atoms with Gasteiger partial charge in [0.05, 0.1) is 11.0 Å². The number of nitrogens with zero attached hydrogens (tertiary/aromatic N) is 4. The van der Waals surface area contributed by atoms with Crippen LogP contribution in [0.2, 0.25) is 0 Å². The Morgan fingerprint density at radius 2 is 1.06 bits per heavy atom. The van der Waals surface area contributed by atoms with E-state index in [2.05, 4.69) is 79.9 Å². The van der Waals surface area contributed by atoms with Gasteiger partial charge in [-0.25, -0.2) is 19.3 Å². The lowest BCUT2D eigenvalue weighted by Gasteiger charge is -2.20. The summed E-state index contributed by atoms with van der Waals surface area (Å²) in [5.74, 6) is 1.27. The first-order chi connectivity index (χ1) is 23.3. The van der Waals surface area contributed by atoms with E-state index in [-0.39, 0.29) is 11.2 Å². The first-order valence-corrected chi connectivity index (χ1v) is 16.2. The lowest BCUT2D eigenvalue weighted by molar-refractivity contribution is 0.591. The van der Waals surface area contributed by atoms with Gasteiger partial charge < -0.3 is 4.57 Å². The molecule has 0 saturated heterocycles. The van der Waals surface area contributed by atoms with Crippen molar-refractivity contribution in [2.24, 2.45) is 0 Å². The molecule has 8 aromatic rings. The highest BCUT2D eigenvalue weighted by Gasteiger charge is 2.21. The van der Waals surface area contributed by atoms with Crippen molar-refractivity contribution in [3.05, 3.63) is 157 Å². The number of para-hydroxylation sites is 1. The van der Waals surface area contributed by atoms with Crippen LogP contribution in [0.3, 0.4) is 0 Å². The molecule has 2 aromatic heterocycles. The minimum Gasteiger partial charge on any atom is -0.309 e. The van der Waals surface area contributed by atoms with Crippen LogP contribution in [0.25, 0.3) is 72.8 Å². The van der Waals surface area contributed by atoms with Gasteiger partial charge in [0, 0.05) is 38.7 Å². The Morgan fingerprint density at radius 3 is 1.73 bits per heavy atom. The summed E-state index contributed by atoms with van der Waals surface area (Å²) in [5.41, 5.74) is 8.02. The van der Waals surface area contributed by atoms with Crippen LogP contribution >= 0.6 is 0 Å². The molecule has 2 heterocycles. The number of fused-ring (bicyclic) bond motifs is 3. The van der Waals surface area contributed by atoms with Gasteiger partial charge in [0.1, 0.15) is 5.82 Å². The van der Waals surface area contributed by atoms with Crippen LogP contribution in [0.4, 0.5) is 4.39 Å². The van der Waals surface area contributed by atoms with Crippen molar-refractivity contribution in [1.82, 2.24) is 19.5 Å². The topological polar surface area (TPSA) is 43.6 Å². The average Bonchev–Trinajstić information content (AvgIpc) is 3.46. The number of halogens is 1. The van der Waals surface area contributed by atoms with Gasteiger partial charge in [-0.05, 0) is 46.9 Å². The molecule has 0 spiro atoms. The summed E-state index contributed by atoms with van der Waals surface area (Å²) in [4.78, 5) is 15.0. The van der Waals surface area contributed by atoms with Crippen LogP contribution < -0.4 is 0 Å². The molecule has 0 bridgehead atoms. The molecular weight excluding hydrogens is 591 g/mol. The van der Waals surface area contributed by atoms with E-state index >= 15 is 4.39 Å². The molecule has 0 unspecified atom stereocenters. The second-order valence-electron chi connectivity index (χ2n) is 13.1. The van der Waals surface area contributed by atoms with Gasteiger partial charge >= 0.3 is 0 Å². The van der Waals surface area contributed by atoms with Gasteiger partial charge in [-0.2, -0.15) is 0 Å². The molecule has 0 fully saturated rings. The third-order valence-electron chi connectivity index (χ3n) is 8.91. The number of aromatic nitrogens is 4. The smallest absolute Gasteiger partial charge is 0.164 e. The third-order valence-corrected chi connectivity index (χ3v) is 8.91. The summed E-state index contributed by atoms with van der Waals surface area (Å²) in [7, 11) is 0. The maximum Gasteiger partial charge on any atom is 0.164 e. The van der Waals surface area contributed by atoms with E-state index in [0.717, 1.165) is 27.8 Å². The van der Waals surface area contributed by atoms with Crippen molar-refractivity contribution < 1.29 is 4.39 Å². The van der Waals surface area contributed by atoms with E-state index in [9.17, 15) is 0 Å². The fraction of sp³-hybridized carbons (Fsp3) is 0.0930. The van der Waals surface area contributed by atoms with Crippen LogP contribution in [0.5, 0.6) is 0 Å². The maximum absolute atomic E-state index is 15.5. The number of hydrogen-bond acceptors (Lipinski definition) is 3. The molecule has 5 heteroatoms. The van der Waals surface area contributed by atoms with Crippen LogP contribution in [-0.2, 0) is 5.41 Å². The highest BCUT2D eigenvalue weighted by molar-refractivity contribution is 6.09. The molecule has 0 radical (unpaired) electrons. The van der Waals surface area contributed by atoms with Crippen LogP contribution in [0.15, 0.2) is 146 Å². The SMILES string of the molecule is CC(C)(C)c1ccc2c3ccccc3n(-c3ccc(-c4ccccc4F)c(-c4nc(-c5ccccc5)nc(-c5ccccc5)n4)c3)c2c1. The molecule has 6 aromatic carbocycles. The van der Waals surface area contributed by atoms with Crippen LogP contribution in [-0.4, -0.2) is 19.5 Å². The van der Waals surface area contributed by atoms with Gasteiger partial charge in [0.15, 0.2) is 17.5 Å². The summed E-state index contributed by atoms with van der Waals surface area (Å²) < 4.78 is 17.8. The van der Waals surface area contributed by atoms with Crippen LogP contribution in [0.1, 0.15) is 26.3 Å². The monoisotopic (exact) mass is 624 g/mol. The molecule has 0 aliphatic rings. The molecule has 0 saturated carbocycles. The average molecular weight is 625 g/mol. The van der Waals surface area contributed by atoms with E-state index in [1.807, 2.05) is 72.8 Å². The highest BCUT2D eigenvalue weighted by Crippen LogP contribution is 2.39. The molecule has 0 N–H and O–H groups in total. The van der Waals surface area contributed by atoms with Gasteiger partial charge in [0.2, 0.25) is 0 Å². The van der Waals surface area contributed by atoms with Crippen molar-refractivity contribution in [2.75, 3.05) is 0 Å². The Hall–Kier alpha value is -5.94. The molecule has 0 aliphatic carbocycles. The molecule has 4 nitrogen and oxygen atoms in total. The molecule has 8 rings (SSSR count). The van der Waals surface area contributed by atoms with E-state index in [0.29, 0.717) is 34.2 Å². The van der Waals surface area contributed by atoms with E-state index in [1.54, 1.807) is 12.1 Å². The second kappa shape index (κ2) is 11.7. The predicted molar refractivity (Wildman–Crippen MR) is 195 cm³/mol. The minimum absolute atomic E-state index is 0.0259. The fourth-order valence-corrected chi connectivity index (χ4v) is 6.42. The second-order valence-corrected chi connectivity index (χ2v) is 13.1. The van der Waals surface area contributed by atoms with E-state index in [1.165, 1.54) is 22.4 Å². The Kier molecular flexibility index (Phi) is 7.18. The highest BCUT2D eigenvalue weighted by atomic mass is 19.1. The summed E-state index contributed by atoms with van der Waals surface area (Å²) in [6.07, 6.45) is 0. The lowest BCUT2D eigenvalue weighted by atomic mass is 9.86. The zero-order valence-electron chi connectivity index (χ0n) is 27.0. The number of hydrogen-bond donors (Lipinski definition) is 0. The standard InChI is InChI=1S/C43H33FN4/c1-43(2,3)30-22-24-35-34-19-11-13-21-38(34)48(39(35)26-30)31-23-25-32(33-18-10-12-20-37(33)44)36(27-31)42-46-40(28-14-6-4-7-15-28)45-41(47-42)29-16-8-5-9-17-29/h4-27H,1-3H3. The summed E-state index contributed by atoms with van der Waals surface area (Å²) in [6, 6.07) is 48.1. The lowest BCUT2D eigenvalue weighted by Crippen LogP contribution is -2.10. The van der Waals surface area contributed by atoms with E-state index < -0.39 is 0 Å². The van der Waals surface area contributed by atoms with Gasteiger partial charge in [0.25, 0.3) is 0 Å². The molecule has 0 amide bonds. The van der Waals surface area contributed by atoms with Crippen LogP contribution in [0, 0.1) is 5.82 Å². The zero-order valence-corrected chi connectivity index (χ0v) is 27.0. The van der Waals surface area contributed by atoms with E-state index in [4.69, 9.17) is 15.0 Å². The summed E-state index contributed by atoms with van der Waals surface area (Å²) >= 11 is 0. The van der Waals surface area contributed by atoms with Crippen molar-refractivity contribution in [3.63, 3.8) is 0 Å². The molecule has 48 heavy (non-hydrogen) atoms. The summed E-state index contributed by atoms with van der Waals surface area (Å²) in [5, 5.41) is 2.35. The number of benzene rings is 6. The predicted octanol–water partition coefficient (Wildman–Crippen LogP) is 11.1. The first-order valence-electron chi connectivity index (χ1n) is 16.2. The Morgan fingerprint density at radius 1 is 0.479 bits per heavy atom. The Bertz CT molecular complexity index is 2380. The third kappa shape index (κ3) is 5.23. The molecule has 0 atom stereocenters. The molecule has 232 valence electrons. The Balaban J connectivity index is 1.44. The van der Waals surface area contributed by atoms with Gasteiger partial charge in [-0.3, -0.25) is 0 Å². The van der Waals surface area contributed by atoms with Gasteiger partial charge in [-0.1, -0.05) is 136 Å². The fourth-order valence-electron chi connectivity index (χ4n) is 6.42. The minimum atomic E-state index is -0.307. The maximum atomic E-state index is 15.5. The molecule has 0 aliphatic heterocycles. The zero-order chi connectivity index (χ0) is 32.8. The number of rotatable bonds is 5. The Labute approximate surface area is 279 Å². The van der Waals surface area contributed by atoms with Gasteiger partial charge in [-0.15, -0.1) is 0 Å². The van der Waals surface area contributed by atoms with Crippen molar-refractivity contribution in [2.45, 2.75) is 26.2 Å². The van der Waals surface area contributed by atoms with Crippen molar-refractivity contribution in [1.29, 1.82) is 0 Å². The van der Waals surface area contributed by atoms with Crippen molar-refractivity contribution in [3.8, 4) is 51.0 Å². The molecular formula is C43H33FN4. The quantitative estimate of drug-likeness (QED) is 0.191. The van der Waals surface area contributed by atoms with Crippen molar-refractivity contribution >= 4 is 21.8 Å². The first kappa shape index (κ1) is 29.5. The normalized spacial score (nSPS) is 11.8. The summed E-state index contributed by atoms with van der Waals surface area (Å²) in [6.45, 7) is 6.70. The largest absolute Gasteiger partial charge is 0.309 e.